The van der Waals surface area contributed by atoms with Crippen LogP contribution in [0.1, 0.15) is 18.2 Å². The molecular formula is C16H18N4O2S. The van der Waals surface area contributed by atoms with Crippen LogP contribution in [0.25, 0.3) is 11.0 Å². The van der Waals surface area contributed by atoms with Crippen molar-refractivity contribution in [3.8, 4) is 5.75 Å². The van der Waals surface area contributed by atoms with Crippen LogP contribution in [0.4, 0.5) is 0 Å². The molecule has 1 N–H and O–H groups in total. The number of ether oxygens (including phenoxy) is 1. The summed E-state index contributed by atoms with van der Waals surface area (Å²) in [5.41, 5.74) is 2.86. The number of aromatic amines is 1. The van der Waals surface area contributed by atoms with E-state index in [0.29, 0.717) is 28.9 Å². The number of aryl methyl sites for hydroxylation is 2. The van der Waals surface area contributed by atoms with E-state index in [2.05, 4.69) is 10.1 Å². The maximum absolute atomic E-state index is 12.9. The predicted octanol–water partition coefficient (Wildman–Crippen LogP) is 2.64. The summed E-state index contributed by atoms with van der Waals surface area (Å²) < 4.78 is 8.88. The van der Waals surface area contributed by atoms with Crippen LogP contribution in [0.15, 0.2) is 29.1 Å². The molecule has 0 atom stereocenters. The van der Waals surface area contributed by atoms with Crippen molar-refractivity contribution in [1.29, 1.82) is 0 Å². The molecule has 0 unspecified atom stereocenters. The summed E-state index contributed by atoms with van der Waals surface area (Å²) in [6.07, 6.45) is 0. The van der Waals surface area contributed by atoms with Crippen molar-refractivity contribution in [2.75, 3.05) is 7.11 Å². The van der Waals surface area contributed by atoms with Gasteiger partial charge in [0.2, 0.25) is 0 Å². The normalized spacial score (nSPS) is 11.1. The van der Waals surface area contributed by atoms with Gasteiger partial charge in [0.25, 0.3) is 5.56 Å². The zero-order chi connectivity index (χ0) is 16.6. The number of benzene rings is 1. The second-order valence-corrected chi connectivity index (χ2v) is 5.68. The fourth-order valence-corrected chi connectivity index (χ4v) is 2.92. The highest BCUT2D eigenvalue weighted by Crippen LogP contribution is 2.15. The Morgan fingerprint density at radius 1 is 1.39 bits per heavy atom. The van der Waals surface area contributed by atoms with Gasteiger partial charge in [-0.25, -0.2) is 0 Å². The van der Waals surface area contributed by atoms with Crippen LogP contribution in [0.3, 0.4) is 0 Å². The van der Waals surface area contributed by atoms with Crippen LogP contribution in [0, 0.1) is 11.7 Å². The molecule has 2 aromatic heterocycles. The number of hydrogen-bond donors (Lipinski definition) is 1. The molecule has 0 aliphatic heterocycles. The average molecular weight is 330 g/mol. The lowest BCUT2D eigenvalue weighted by atomic mass is 10.2. The molecule has 0 bridgehead atoms. The van der Waals surface area contributed by atoms with E-state index in [1.165, 1.54) is 0 Å². The summed E-state index contributed by atoms with van der Waals surface area (Å²) in [7, 11) is 1.62. The lowest BCUT2D eigenvalue weighted by Crippen LogP contribution is -2.24. The molecule has 0 saturated carbocycles. The van der Waals surface area contributed by atoms with E-state index in [-0.39, 0.29) is 5.56 Å². The van der Waals surface area contributed by atoms with Crippen LogP contribution < -0.4 is 10.3 Å². The van der Waals surface area contributed by atoms with E-state index in [0.717, 1.165) is 17.0 Å². The van der Waals surface area contributed by atoms with Crippen LogP contribution in [-0.2, 0) is 13.1 Å². The monoisotopic (exact) mass is 330 g/mol. The van der Waals surface area contributed by atoms with E-state index in [1.807, 2.05) is 38.1 Å². The summed E-state index contributed by atoms with van der Waals surface area (Å²) in [6, 6.07) is 7.60. The smallest absolute Gasteiger partial charge is 0.280 e. The maximum atomic E-state index is 12.9. The van der Waals surface area contributed by atoms with Crippen molar-refractivity contribution in [3.63, 3.8) is 0 Å². The summed E-state index contributed by atoms with van der Waals surface area (Å²) >= 11 is 5.37. The number of methoxy groups -OCH3 is 1. The van der Waals surface area contributed by atoms with Crippen molar-refractivity contribution >= 4 is 23.3 Å². The van der Waals surface area contributed by atoms with Gasteiger partial charge >= 0.3 is 0 Å². The SMILES string of the molecule is CCn1nc(C)c2[nH]c(=S)n(Cc3cccc(OC)c3)c(=O)c21. The molecule has 0 aliphatic carbocycles. The second kappa shape index (κ2) is 6.00. The van der Waals surface area contributed by atoms with Crippen LogP contribution in [0.5, 0.6) is 5.75 Å². The lowest BCUT2D eigenvalue weighted by molar-refractivity contribution is 0.414. The van der Waals surface area contributed by atoms with Crippen molar-refractivity contribution in [2.45, 2.75) is 26.9 Å². The van der Waals surface area contributed by atoms with E-state index in [4.69, 9.17) is 17.0 Å². The Morgan fingerprint density at radius 2 is 2.17 bits per heavy atom. The first-order chi connectivity index (χ1) is 11.0. The first-order valence-electron chi connectivity index (χ1n) is 7.38. The van der Waals surface area contributed by atoms with Gasteiger partial charge in [0.1, 0.15) is 5.75 Å². The Hall–Kier alpha value is -2.41. The number of aromatic nitrogens is 4. The zero-order valence-electron chi connectivity index (χ0n) is 13.3. The fourth-order valence-electron chi connectivity index (χ4n) is 2.67. The van der Waals surface area contributed by atoms with E-state index >= 15 is 0 Å². The zero-order valence-corrected chi connectivity index (χ0v) is 14.1. The van der Waals surface area contributed by atoms with E-state index in [9.17, 15) is 4.79 Å². The van der Waals surface area contributed by atoms with Crippen LogP contribution in [-0.4, -0.2) is 26.4 Å². The Kier molecular flexibility index (Phi) is 4.04. The van der Waals surface area contributed by atoms with Gasteiger partial charge in [-0.15, -0.1) is 0 Å². The summed E-state index contributed by atoms with van der Waals surface area (Å²) in [4.78, 5) is 16.0. The molecule has 2 heterocycles. The molecule has 3 aromatic rings. The highest BCUT2D eigenvalue weighted by molar-refractivity contribution is 7.71. The Bertz CT molecular complexity index is 984. The van der Waals surface area contributed by atoms with Crippen molar-refractivity contribution in [2.24, 2.45) is 0 Å². The van der Waals surface area contributed by atoms with Crippen molar-refractivity contribution in [3.05, 3.63) is 50.6 Å². The molecule has 0 spiro atoms. The van der Waals surface area contributed by atoms with Gasteiger partial charge in [0, 0.05) is 6.54 Å². The summed E-state index contributed by atoms with van der Waals surface area (Å²) in [5.74, 6) is 0.751. The van der Waals surface area contributed by atoms with Crippen LogP contribution >= 0.6 is 12.2 Å². The number of rotatable bonds is 4. The number of nitrogens with zero attached hydrogens (tertiary/aromatic N) is 3. The molecule has 7 heteroatoms. The molecule has 0 aliphatic rings. The molecule has 3 rings (SSSR count). The van der Waals surface area contributed by atoms with Gasteiger partial charge in [-0.05, 0) is 43.8 Å². The molecular weight excluding hydrogens is 312 g/mol. The standard InChI is InChI=1S/C16H18N4O2S/c1-4-20-14-13(10(2)18-20)17-16(23)19(15(14)21)9-11-6-5-7-12(8-11)22-3/h5-8H,4,9H2,1-3H3,(H,17,23). The minimum absolute atomic E-state index is 0.131. The summed E-state index contributed by atoms with van der Waals surface area (Å²) in [6.45, 7) is 4.84. The molecule has 0 saturated heterocycles. The quantitative estimate of drug-likeness (QED) is 0.747. The maximum Gasteiger partial charge on any atom is 0.280 e. The Balaban J connectivity index is 2.17. The van der Waals surface area contributed by atoms with Crippen molar-refractivity contribution < 1.29 is 4.74 Å². The Morgan fingerprint density at radius 3 is 2.87 bits per heavy atom. The second-order valence-electron chi connectivity index (χ2n) is 5.30. The first-order valence-corrected chi connectivity index (χ1v) is 7.79. The highest BCUT2D eigenvalue weighted by atomic mass is 32.1. The number of nitrogens with one attached hydrogen (secondary N) is 1. The van der Waals surface area contributed by atoms with Gasteiger partial charge < -0.3 is 9.72 Å². The number of hydrogen-bond acceptors (Lipinski definition) is 4. The summed E-state index contributed by atoms with van der Waals surface area (Å²) in [5, 5.41) is 4.39. The number of H-pyrrole nitrogens is 1. The third-order valence-corrected chi connectivity index (χ3v) is 4.15. The van der Waals surface area contributed by atoms with Gasteiger partial charge in [0.15, 0.2) is 10.3 Å². The van der Waals surface area contributed by atoms with Crippen molar-refractivity contribution in [1.82, 2.24) is 19.3 Å². The largest absolute Gasteiger partial charge is 0.497 e. The molecule has 23 heavy (non-hydrogen) atoms. The highest BCUT2D eigenvalue weighted by Gasteiger charge is 2.14. The molecule has 120 valence electrons. The van der Waals surface area contributed by atoms with Gasteiger partial charge in [-0.3, -0.25) is 14.0 Å². The van der Waals surface area contributed by atoms with E-state index < -0.39 is 0 Å². The van der Waals surface area contributed by atoms with Gasteiger partial charge in [-0.2, -0.15) is 5.10 Å². The minimum Gasteiger partial charge on any atom is -0.497 e. The lowest BCUT2D eigenvalue weighted by Gasteiger charge is -2.09. The molecule has 0 fully saturated rings. The van der Waals surface area contributed by atoms with Gasteiger partial charge in [-0.1, -0.05) is 12.1 Å². The molecule has 0 radical (unpaired) electrons. The van der Waals surface area contributed by atoms with Crippen LogP contribution in [0.2, 0.25) is 0 Å². The minimum atomic E-state index is -0.131. The molecule has 0 amide bonds. The fraction of sp³-hybridized carbons (Fsp3) is 0.312. The topological polar surface area (TPSA) is 64.8 Å². The molecule has 6 nitrogen and oxygen atoms in total. The third kappa shape index (κ3) is 2.68. The first kappa shape index (κ1) is 15.5. The predicted molar refractivity (Wildman–Crippen MR) is 91.7 cm³/mol. The Labute approximate surface area is 138 Å². The van der Waals surface area contributed by atoms with Gasteiger partial charge in [0.05, 0.1) is 24.9 Å². The number of fused-ring (bicyclic) bond motifs is 1. The average Bonchev–Trinajstić information content (AvgIpc) is 2.88. The molecule has 1 aromatic carbocycles. The van der Waals surface area contributed by atoms with E-state index in [1.54, 1.807) is 16.4 Å². The third-order valence-electron chi connectivity index (χ3n) is 3.83.